The van der Waals surface area contributed by atoms with Crippen LogP contribution >= 0.6 is 23.2 Å². The summed E-state index contributed by atoms with van der Waals surface area (Å²) < 4.78 is 0. The van der Waals surface area contributed by atoms with Gasteiger partial charge in [-0.25, -0.2) is 0 Å². The topological polar surface area (TPSA) is 34.1 Å². The van der Waals surface area contributed by atoms with Crippen molar-refractivity contribution in [3.8, 4) is 0 Å². The summed E-state index contributed by atoms with van der Waals surface area (Å²) in [5.41, 5.74) is 0. The minimum atomic E-state index is -3.45. The second kappa shape index (κ2) is 5.69. The van der Waals surface area contributed by atoms with Gasteiger partial charge in [0, 0.05) is 0 Å². The summed E-state index contributed by atoms with van der Waals surface area (Å²) in [7, 11) is -3.45. The van der Waals surface area contributed by atoms with Gasteiger partial charge in [0.1, 0.15) is 0 Å². The molecule has 2 aromatic carbocycles. The van der Waals surface area contributed by atoms with Crippen LogP contribution in [0.3, 0.4) is 0 Å². The number of carbonyl (C=O) groups excluding carboxylic acids is 2. The van der Waals surface area contributed by atoms with Crippen molar-refractivity contribution in [2.75, 3.05) is 0 Å². The number of carbonyl (C=O) groups is 2. The first kappa shape index (κ1) is 14.0. The Labute approximate surface area is 122 Å². The average Bonchev–Trinajstić information content (AvgIpc) is 2.41. The molecule has 19 heavy (non-hydrogen) atoms. The molecule has 0 spiro atoms. The van der Waals surface area contributed by atoms with Crippen LogP contribution in [-0.2, 0) is 0 Å². The number of hydrogen-bond acceptors (Lipinski definition) is 2. The predicted octanol–water partition coefficient (Wildman–Crippen LogP) is 3.13. The molecule has 0 saturated heterocycles. The molecule has 0 radical (unpaired) electrons. The second-order valence-corrected chi connectivity index (χ2v) is 8.91. The van der Waals surface area contributed by atoms with E-state index in [1.54, 1.807) is 48.5 Å². The van der Waals surface area contributed by atoms with Gasteiger partial charge >= 0.3 is 8.07 Å². The normalized spacial score (nSPS) is 11.1. The van der Waals surface area contributed by atoms with Crippen LogP contribution in [0.4, 0.5) is 9.59 Å². The highest BCUT2D eigenvalue weighted by Gasteiger charge is 2.51. The molecule has 0 heterocycles. The molecule has 0 fully saturated rings. The fourth-order valence-electron chi connectivity index (χ4n) is 2.07. The van der Waals surface area contributed by atoms with Crippen molar-refractivity contribution in [1.82, 2.24) is 0 Å². The first-order chi connectivity index (χ1) is 9.10. The third-order valence-corrected chi connectivity index (χ3v) is 8.28. The van der Waals surface area contributed by atoms with E-state index in [0.29, 0.717) is 10.4 Å². The largest absolute Gasteiger partial charge is 0.308 e. The van der Waals surface area contributed by atoms with Gasteiger partial charge in [-0.1, -0.05) is 60.7 Å². The third-order valence-electron chi connectivity index (χ3n) is 3.00. The molecule has 0 aliphatic rings. The fraction of sp³-hybridized carbons (Fsp3) is 0. The van der Waals surface area contributed by atoms with Crippen molar-refractivity contribution in [3.05, 3.63) is 60.7 Å². The number of benzene rings is 2. The van der Waals surface area contributed by atoms with Gasteiger partial charge in [-0.3, -0.25) is 9.59 Å². The molecular weight excluding hydrogens is 299 g/mol. The van der Waals surface area contributed by atoms with Gasteiger partial charge < -0.3 is 0 Å². The van der Waals surface area contributed by atoms with Crippen molar-refractivity contribution in [2.24, 2.45) is 0 Å². The summed E-state index contributed by atoms with van der Waals surface area (Å²) in [6.07, 6.45) is 0. The lowest BCUT2D eigenvalue weighted by atomic mass is 10.4. The van der Waals surface area contributed by atoms with Crippen LogP contribution in [0.1, 0.15) is 0 Å². The predicted molar refractivity (Wildman–Crippen MR) is 80.4 cm³/mol. The van der Waals surface area contributed by atoms with Crippen LogP contribution in [0, 0.1) is 0 Å². The highest BCUT2D eigenvalue weighted by atomic mass is 35.5. The molecule has 2 nitrogen and oxygen atoms in total. The van der Waals surface area contributed by atoms with Crippen LogP contribution in [0.25, 0.3) is 0 Å². The lowest BCUT2D eigenvalue weighted by Crippen LogP contribution is -2.67. The van der Waals surface area contributed by atoms with Gasteiger partial charge in [0.15, 0.2) is 0 Å². The highest BCUT2D eigenvalue weighted by molar-refractivity contribution is 7.50. The zero-order valence-electron chi connectivity index (χ0n) is 9.85. The summed E-state index contributed by atoms with van der Waals surface area (Å²) in [6.45, 7) is 0. The smallest absolute Gasteiger partial charge is 0.286 e. The highest BCUT2D eigenvalue weighted by Crippen LogP contribution is 2.15. The lowest BCUT2D eigenvalue weighted by Gasteiger charge is -2.23. The Balaban J connectivity index is 2.77. The summed E-state index contributed by atoms with van der Waals surface area (Å²) >= 11 is 11.6. The van der Waals surface area contributed by atoms with Gasteiger partial charge in [0.25, 0.3) is 0 Å². The molecule has 0 aliphatic heterocycles. The zero-order chi connectivity index (χ0) is 13.9. The van der Waals surface area contributed by atoms with Gasteiger partial charge in [0.05, 0.1) is 0 Å². The Morgan fingerprint density at radius 1 is 0.684 bits per heavy atom. The standard InChI is InChI=1S/C14H10Cl2O2Si/c15-13(17)19(14(16)18,11-7-3-1-4-8-11)12-9-5-2-6-10-12/h1-10H. The third kappa shape index (κ3) is 2.37. The number of hydrogen-bond donors (Lipinski definition) is 0. The summed E-state index contributed by atoms with van der Waals surface area (Å²) in [5.74, 6) is 0. The Kier molecular flexibility index (Phi) is 4.19. The summed E-state index contributed by atoms with van der Waals surface area (Å²) in [5, 5.41) is 1.20. The van der Waals surface area contributed by atoms with E-state index in [9.17, 15) is 9.59 Å². The van der Waals surface area contributed by atoms with Crippen LogP contribution in [0.15, 0.2) is 60.7 Å². The number of halogens is 2. The molecule has 96 valence electrons. The van der Waals surface area contributed by atoms with Crippen molar-refractivity contribution in [3.63, 3.8) is 0 Å². The second-order valence-electron chi connectivity index (χ2n) is 4.03. The van der Waals surface area contributed by atoms with Gasteiger partial charge in [0.2, 0.25) is 9.73 Å². The maximum Gasteiger partial charge on any atom is 0.308 e. The van der Waals surface area contributed by atoms with E-state index in [-0.39, 0.29) is 0 Å². The fourth-order valence-corrected chi connectivity index (χ4v) is 6.82. The Hall–Kier alpha value is -1.42. The van der Waals surface area contributed by atoms with E-state index < -0.39 is 17.8 Å². The van der Waals surface area contributed by atoms with Crippen molar-refractivity contribution in [2.45, 2.75) is 0 Å². The zero-order valence-corrected chi connectivity index (χ0v) is 12.4. The van der Waals surface area contributed by atoms with E-state index in [0.717, 1.165) is 0 Å². The van der Waals surface area contributed by atoms with Gasteiger partial charge in [-0.2, -0.15) is 0 Å². The van der Waals surface area contributed by atoms with E-state index in [1.807, 2.05) is 12.1 Å². The minimum absolute atomic E-state index is 0.598. The SMILES string of the molecule is O=C(Cl)[Si](C(=O)Cl)(c1ccccc1)c1ccccc1. The Bertz CT molecular complexity index is 544. The molecule has 0 aliphatic carbocycles. The Morgan fingerprint density at radius 3 is 1.26 bits per heavy atom. The molecule has 0 bridgehead atoms. The van der Waals surface area contributed by atoms with Crippen LogP contribution in [0.5, 0.6) is 0 Å². The molecule has 0 aromatic heterocycles. The molecular formula is C14H10Cl2O2Si. The molecule has 0 unspecified atom stereocenters. The van der Waals surface area contributed by atoms with Crippen LogP contribution < -0.4 is 10.4 Å². The monoisotopic (exact) mass is 308 g/mol. The molecule has 0 N–H and O–H groups in total. The van der Waals surface area contributed by atoms with E-state index in [1.165, 1.54) is 0 Å². The van der Waals surface area contributed by atoms with Gasteiger partial charge in [-0.15, -0.1) is 0 Å². The molecule has 0 saturated carbocycles. The van der Waals surface area contributed by atoms with Crippen LogP contribution in [-0.4, -0.2) is 17.8 Å². The molecule has 2 aromatic rings. The quantitative estimate of drug-likeness (QED) is 0.642. The Morgan fingerprint density at radius 2 is 1.00 bits per heavy atom. The average molecular weight is 309 g/mol. The summed E-state index contributed by atoms with van der Waals surface area (Å²) in [6, 6.07) is 17.6. The van der Waals surface area contributed by atoms with E-state index in [4.69, 9.17) is 23.2 Å². The molecule has 5 heteroatoms. The lowest BCUT2D eigenvalue weighted by molar-refractivity contribution is 0.269. The van der Waals surface area contributed by atoms with Crippen molar-refractivity contribution < 1.29 is 9.59 Å². The van der Waals surface area contributed by atoms with E-state index in [2.05, 4.69) is 0 Å². The molecule has 2 rings (SSSR count). The van der Waals surface area contributed by atoms with E-state index >= 15 is 0 Å². The summed E-state index contributed by atoms with van der Waals surface area (Å²) in [4.78, 5) is 22.7. The van der Waals surface area contributed by atoms with Gasteiger partial charge in [-0.05, 0) is 33.6 Å². The first-order valence-corrected chi connectivity index (χ1v) is 8.36. The van der Waals surface area contributed by atoms with Crippen LogP contribution in [0.2, 0.25) is 0 Å². The maximum atomic E-state index is 12.0. The molecule has 0 amide bonds. The molecule has 0 atom stereocenters. The van der Waals surface area contributed by atoms with Crippen molar-refractivity contribution >= 4 is 51.4 Å². The first-order valence-electron chi connectivity index (χ1n) is 5.61. The van der Waals surface area contributed by atoms with Crippen molar-refractivity contribution in [1.29, 1.82) is 0 Å². The maximum absolute atomic E-state index is 12.0. The number of rotatable bonds is 4. The minimum Gasteiger partial charge on any atom is -0.286 e.